The van der Waals surface area contributed by atoms with Crippen LogP contribution in [-0.2, 0) is 4.79 Å². The number of carboxylic acid groups (broad SMARTS) is 1. The molecule has 2 N–H and O–H groups in total. The van der Waals surface area contributed by atoms with Crippen LogP contribution in [0.1, 0.15) is 33.4 Å². The van der Waals surface area contributed by atoms with Crippen LogP contribution in [-0.4, -0.2) is 22.0 Å². The Labute approximate surface area is 159 Å². The molecule has 0 aliphatic carbocycles. The van der Waals surface area contributed by atoms with Gasteiger partial charge in [0.25, 0.3) is 5.91 Å². The molecule has 3 rings (SSSR count). The zero-order valence-corrected chi connectivity index (χ0v) is 15.3. The largest absolute Gasteiger partial charge is 0.481 e. The molecule has 0 aliphatic heterocycles. The van der Waals surface area contributed by atoms with Crippen molar-refractivity contribution < 1.29 is 19.1 Å². The Morgan fingerprint density at radius 2 is 1.89 bits per heavy atom. The van der Waals surface area contributed by atoms with Crippen molar-refractivity contribution in [3.63, 3.8) is 0 Å². The molecule has 0 bridgehead atoms. The normalized spacial score (nSPS) is 11.8. The molecule has 1 unspecified atom stereocenters. The molecule has 0 spiro atoms. The second-order valence-corrected chi connectivity index (χ2v) is 6.86. The van der Waals surface area contributed by atoms with Gasteiger partial charge < -0.3 is 10.4 Å². The van der Waals surface area contributed by atoms with E-state index in [0.717, 1.165) is 22.5 Å². The molecule has 0 radical (unpaired) electrons. The molecule has 1 aromatic heterocycles. The summed E-state index contributed by atoms with van der Waals surface area (Å²) in [5.41, 5.74) is 2.30. The third-order valence-electron chi connectivity index (χ3n) is 4.10. The summed E-state index contributed by atoms with van der Waals surface area (Å²) in [5, 5.41) is 13.7. The molecule has 0 fully saturated rings. The molecule has 5 nitrogen and oxygen atoms in total. The van der Waals surface area contributed by atoms with Crippen molar-refractivity contribution in [2.45, 2.75) is 19.4 Å². The lowest BCUT2D eigenvalue weighted by Crippen LogP contribution is -2.30. The lowest BCUT2D eigenvalue weighted by Gasteiger charge is -2.18. The Morgan fingerprint density at radius 3 is 2.59 bits per heavy atom. The number of nitrogens with one attached hydrogen (secondary N) is 1. The van der Waals surface area contributed by atoms with Gasteiger partial charge in [0.15, 0.2) is 5.01 Å². The molecule has 1 amide bonds. The van der Waals surface area contributed by atoms with E-state index in [0.29, 0.717) is 11.3 Å². The number of rotatable bonds is 6. The number of carbonyl (C=O) groups is 2. The maximum Gasteiger partial charge on any atom is 0.305 e. The molecule has 0 saturated carbocycles. The Balaban J connectivity index is 1.83. The van der Waals surface area contributed by atoms with Gasteiger partial charge in [-0.3, -0.25) is 9.59 Å². The predicted molar refractivity (Wildman–Crippen MR) is 101 cm³/mol. The van der Waals surface area contributed by atoms with E-state index in [2.05, 4.69) is 10.3 Å². The average molecular weight is 384 g/mol. The van der Waals surface area contributed by atoms with Crippen LogP contribution in [0.25, 0.3) is 11.3 Å². The van der Waals surface area contributed by atoms with Gasteiger partial charge in [0.1, 0.15) is 5.82 Å². The van der Waals surface area contributed by atoms with Crippen molar-refractivity contribution in [1.29, 1.82) is 0 Å². The van der Waals surface area contributed by atoms with Crippen LogP contribution in [0.4, 0.5) is 4.39 Å². The van der Waals surface area contributed by atoms with E-state index < -0.39 is 23.7 Å². The SMILES string of the molecule is Cc1ccccc1C(CC(=O)O)NC(=O)c1nc(-c2ccccc2F)cs1. The first-order valence-corrected chi connectivity index (χ1v) is 9.12. The van der Waals surface area contributed by atoms with E-state index in [4.69, 9.17) is 0 Å². The van der Waals surface area contributed by atoms with Crippen molar-refractivity contribution in [2.75, 3.05) is 0 Å². The first-order valence-electron chi connectivity index (χ1n) is 8.24. The van der Waals surface area contributed by atoms with E-state index in [9.17, 15) is 19.1 Å². The van der Waals surface area contributed by atoms with Gasteiger partial charge in [0.2, 0.25) is 0 Å². The summed E-state index contributed by atoms with van der Waals surface area (Å²) in [7, 11) is 0. The fourth-order valence-corrected chi connectivity index (χ4v) is 3.50. The predicted octanol–water partition coefficient (Wildman–Crippen LogP) is 4.20. The molecule has 1 heterocycles. The molecule has 138 valence electrons. The molecule has 3 aromatic rings. The van der Waals surface area contributed by atoms with Gasteiger partial charge in [0, 0.05) is 10.9 Å². The molecular weight excluding hydrogens is 367 g/mol. The number of hydrogen-bond donors (Lipinski definition) is 2. The summed E-state index contributed by atoms with van der Waals surface area (Å²) in [5.74, 6) is -1.93. The molecule has 0 aliphatic rings. The second-order valence-electron chi connectivity index (χ2n) is 6.00. The number of carboxylic acids is 1. The maximum atomic E-state index is 13.9. The molecule has 0 saturated heterocycles. The van der Waals surface area contributed by atoms with E-state index in [-0.39, 0.29) is 11.4 Å². The van der Waals surface area contributed by atoms with Gasteiger partial charge in [-0.05, 0) is 30.2 Å². The van der Waals surface area contributed by atoms with Crippen LogP contribution in [0.15, 0.2) is 53.9 Å². The topological polar surface area (TPSA) is 79.3 Å². The van der Waals surface area contributed by atoms with Crippen molar-refractivity contribution in [3.8, 4) is 11.3 Å². The van der Waals surface area contributed by atoms with Crippen LogP contribution < -0.4 is 5.32 Å². The number of aryl methyl sites for hydroxylation is 1. The van der Waals surface area contributed by atoms with Crippen molar-refractivity contribution in [3.05, 3.63) is 75.9 Å². The number of benzene rings is 2. The standard InChI is InChI=1S/C20H17FN2O3S/c1-12-6-2-3-7-13(12)16(10-18(24)25)22-19(26)20-23-17(11-27-20)14-8-4-5-9-15(14)21/h2-9,11,16H,10H2,1H3,(H,22,26)(H,24,25). The zero-order valence-electron chi connectivity index (χ0n) is 14.5. The summed E-state index contributed by atoms with van der Waals surface area (Å²) in [6.45, 7) is 1.86. The van der Waals surface area contributed by atoms with Crippen molar-refractivity contribution >= 4 is 23.2 Å². The van der Waals surface area contributed by atoms with Crippen LogP contribution in [0.2, 0.25) is 0 Å². The van der Waals surface area contributed by atoms with Crippen LogP contribution in [0.3, 0.4) is 0 Å². The van der Waals surface area contributed by atoms with Crippen LogP contribution in [0.5, 0.6) is 0 Å². The molecule has 7 heteroatoms. The van der Waals surface area contributed by atoms with E-state index >= 15 is 0 Å². The highest BCUT2D eigenvalue weighted by Crippen LogP contribution is 2.26. The Kier molecular flexibility index (Phi) is 5.61. The minimum Gasteiger partial charge on any atom is -0.481 e. The lowest BCUT2D eigenvalue weighted by molar-refractivity contribution is -0.137. The Morgan fingerprint density at radius 1 is 1.19 bits per heavy atom. The molecular formula is C20H17FN2O3S. The highest BCUT2D eigenvalue weighted by Gasteiger charge is 2.22. The molecule has 2 aromatic carbocycles. The van der Waals surface area contributed by atoms with Gasteiger partial charge >= 0.3 is 5.97 Å². The minimum atomic E-state index is -1.02. The van der Waals surface area contributed by atoms with Gasteiger partial charge in [-0.2, -0.15) is 0 Å². The zero-order chi connectivity index (χ0) is 19.4. The fourth-order valence-electron chi connectivity index (χ4n) is 2.78. The number of amides is 1. The lowest BCUT2D eigenvalue weighted by atomic mass is 9.99. The summed E-state index contributed by atoms with van der Waals surface area (Å²) in [6, 6.07) is 12.8. The first-order chi connectivity index (χ1) is 13.0. The number of hydrogen-bond acceptors (Lipinski definition) is 4. The van der Waals surface area contributed by atoms with E-state index in [1.165, 1.54) is 6.07 Å². The first kappa shape index (κ1) is 18.7. The summed E-state index contributed by atoms with van der Waals surface area (Å²) < 4.78 is 13.9. The van der Waals surface area contributed by atoms with Gasteiger partial charge in [0.05, 0.1) is 18.2 Å². The Hall–Kier alpha value is -3.06. The number of carbonyl (C=O) groups excluding carboxylic acids is 1. The summed E-state index contributed by atoms with van der Waals surface area (Å²) in [6.07, 6.45) is -0.248. The molecule has 27 heavy (non-hydrogen) atoms. The number of aliphatic carboxylic acids is 1. The van der Waals surface area contributed by atoms with E-state index in [1.807, 2.05) is 19.1 Å². The van der Waals surface area contributed by atoms with Crippen molar-refractivity contribution in [2.24, 2.45) is 0 Å². The molecule has 1 atom stereocenters. The van der Waals surface area contributed by atoms with Crippen LogP contribution >= 0.6 is 11.3 Å². The third kappa shape index (κ3) is 4.38. The smallest absolute Gasteiger partial charge is 0.305 e. The number of halogens is 1. The summed E-state index contributed by atoms with van der Waals surface area (Å²) in [4.78, 5) is 28.0. The quantitative estimate of drug-likeness (QED) is 0.667. The van der Waals surface area contributed by atoms with Gasteiger partial charge in [-0.15, -0.1) is 11.3 Å². The number of aromatic nitrogens is 1. The monoisotopic (exact) mass is 384 g/mol. The maximum absolute atomic E-state index is 13.9. The second kappa shape index (κ2) is 8.09. The number of thiazole rings is 1. The van der Waals surface area contributed by atoms with Crippen LogP contribution in [0, 0.1) is 12.7 Å². The minimum absolute atomic E-state index is 0.150. The van der Waals surface area contributed by atoms with Gasteiger partial charge in [-0.25, -0.2) is 9.37 Å². The highest BCUT2D eigenvalue weighted by atomic mass is 32.1. The van der Waals surface area contributed by atoms with E-state index in [1.54, 1.807) is 35.7 Å². The number of nitrogens with zero attached hydrogens (tertiary/aromatic N) is 1. The fraction of sp³-hybridized carbons (Fsp3) is 0.150. The van der Waals surface area contributed by atoms with Gasteiger partial charge in [-0.1, -0.05) is 36.4 Å². The van der Waals surface area contributed by atoms with Crippen molar-refractivity contribution in [1.82, 2.24) is 10.3 Å². The average Bonchev–Trinajstić information content (AvgIpc) is 3.11. The third-order valence-corrected chi connectivity index (χ3v) is 4.94. The summed E-state index contributed by atoms with van der Waals surface area (Å²) >= 11 is 1.08. The Bertz CT molecular complexity index is 987. The highest BCUT2D eigenvalue weighted by molar-refractivity contribution is 7.12.